The third kappa shape index (κ3) is 3.56. The summed E-state index contributed by atoms with van der Waals surface area (Å²) in [6.45, 7) is 3.89. The van der Waals surface area contributed by atoms with Crippen molar-refractivity contribution < 1.29 is 17.9 Å². The second kappa shape index (κ2) is 4.91. The zero-order valence-electron chi connectivity index (χ0n) is 8.81. The van der Waals surface area contributed by atoms with E-state index >= 15 is 0 Å². The monoisotopic (exact) mass is 253 g/mol. The van der Waals surface area contributed by atoms with Gasteiger partial charge in [0.1, 0.15) is 10.9 Å². The second-order valence-corrected chi connectivity index (χ2v) is 4.07. The van der Waals surface area contributed by atoms with Crippen LogP contribution in [0.4, 0.5) is 13.2 Å². The summed E-state index contributed by atoms with van der Waals surface area (Å²) in [5.41, 5.74) is -1.08. The molecular formula is C10H11ClF3NO. The van der Waals surface area contributed by atoms with E-state index in [0.29, 0.717) is 0 Å². The maximum absolute atomic E-state index is 12.6. The molecule has 0 amide bonds. The van der Waals surface area contributed by atoms with Crippen LogP contribution >= 0.6 is 11.6 Å². The zero-order chi connectivity index (χ0) is 12.3. The van der Waals surface area contributed by atoms with Crippen LogP contribution in [-0.4, -0.2) is 11.6 Å². The highest BCUT2D eigenvalue weighted by atomic mass is 35.5. The van der Waals surface area contributed by atoms with Gasteiger partial charge in [0.15, 0.2) is 5.69 Å². The van der Waals surface area contributed by atoms with E-state index in [1.807, 2.05) is 13.8 Å². The molecule has 1 aromatic rings. The van der Waals surface area contributed by atoms with Gasteiger partial charge in [0.2, 0.25) is 0 Å². The summed E-state index contributed by atoms with van der Waals surface area (Å²) >= 11 is 5.42. The van der Waals surface area contributed by atoms with Crippen LogP contribution in [0.15, 0.2) is 12.1 Å². The molecule has 0 atom stereocenters. The van der Waals surface area contributed by atoms with Gasteiger partial charge in [-0.3, -0.25) is 0 Å². The van der Waals surface area contributed by atoms with Crippen molar-refractivity contribution in [2.45, 2.75) is 20.0 Å². The van der Waals surface area contributed by atoms with Gasteiger partial charge in [0.25, 0.3) is 0 Å². The third-order valence-electron chi connectivity index (χ3n) is 1.66. The predicted molar refractivity (Wildman–Crippen MR) is 54.6 cm³/mol. The molecule has 0 fully saturated rings. The second-order valence-electron chi connectivity index (χ2n) is 3.68. The lowest BCUT2D eigenvalue weighted by molar-refractivity contribution is -0.142. The number of ether oxygens (including phenoxy) is 1. The van der Waals surface area contributed by atoms with Crippen LogP contribution in [-0.2, 0) is 6.18 Å². The van der Waals surface area contributed by atoms with Crippen molar-refractivity contribution in [1.82, 2.24) is 4.98 Å². The first-order valence-corrected chi connectivity index (χ1v) is 5.05. The van der Waals surface area contributed by atoms with E-state index in [2.05, 4.69) is 4.98 Å². The molecule has 16 heavy (non-hydrogen) atoms. The normalized spacial score (nSPS) is 11.9. The third-order valence-corrected chi connectivity index (χ3v) is 1.88. The first-order valence-electron chi connectivity index (χ1n) is 4.67. The van der Waals surface area contributed by atoms with Gasteiger partial charge in [-0.25, -0.2) is 4.98 Å². The van der Waals surface area contributed by atoms with E-state index in [0.717, 1.165) is 0 Å². The predicted octanol–water partition coefficient (Wildman–Crippen LogP) is 3.79. The van der Waals surface area contributed by atoms with E-state index < -0.39 is 11.9 Å². The average Bonchev–Trinajstić information content (AvgIpc) is 2.14. The first-order chi connectivity index (χ1) is 7.30. The highest BCUT2D eigenvalue weighted by Gasteiger charge is 2.36. The molecule has 6 heteroatoms. The molecule has 2 nitrogen and oxygen atoms in total. The van der Waals surface area contributed by atoms with Gasteiger partial charge in [-0.2, -0.15) is 13.2 Å². The van der Waals surface area contributed by atoms with Gasteiger partial charge < -0.3 is 4.74 Å². The molecule has 0 saturated carbocycles. The van der Waals surface area contributed by atoms with Crippen molar-refractivity contribution in [2.75, 3.05) is 6.61 Å². The quantitative estimate of drug-likeness (QED) is 0.765. The standard InChI is InChI=1S/C10H11ClF3NO/c1-6(2)5-16-7-3-4-8(11)15-9(7)10(12,13)14/h3-4,6H,5H2,1-2H3. The molecule has 1 aromatic heterocycles. The number of hydrogen-bond acceptors (Lipinski definition) is 2. The zero-order valence-corrected chi connectivity index (χ0v) is 9.56. The minimum absolute atomic E-state index is 0.136. The van der Waals surface area contributed by atoms with Crippen LogP contribution in [0, 0.1) is 5.92 Å². The lowest BCUT2D eigenvalue weighted by Crippen LogP contribution is -2.13. The Labute approximate surface area is 96.4 Å². The summed E-state index contributed by atoms with van der Waals surface area (Å²) in [4.78, 5) is 3.24. The highest BCUT2D eigenvalue weighted by molar-refractivity contribution is 6.29. The largest absolute Gasteiger partial charge is 0.491 e. The molecule has 0 bridgehead atoms. The smallest absolute Gasteiger partial charge is 0.437 e. The fourth-order valence-corrected chi connectivity index (χ4v) is 1.15. The van der Waals surface area contributed by atoms with Crippen molar-refractivity contribution in [1.29, 1.82) is 0 Å². The number of alkyl halides is 3. The number of rotatable bonds is 3. The first kappa shape index (κ1) is 13.1. The van der Waals surface area contributed by atoms with Crippen LogP contribution in [0.1, 0.15) is 19.5 Å². The summed E-state index contributed by atoms with van der Waals surface area (Å²) in [6, 6.07) is 2.45. The minimum atomic E-state index is -4.56. The van der Waals surface area contributed by atoms with Gasteiger partial charge in [0, 0.05) is 0 Å². The molecular weight excluding hydrogens is 243 g/mol. The molecule has 0 aliphatic carbocycles. The fraction of sp³-hybridized carbons (Fsp3) is 0.500. The molecule has 0 radical (unpaired) electrons. The van der Waals surface area contributed by atoms with Crippen LogP contribution < -0.4 is 4.74 Å². The molecule has 0 unspecified atom stereocenters. The molecule has 0 N–H and O–H groups in total. The number of aromatic nitrogens is 1. The van der Waals surface area contributed by atoms with E-state index in [9.17, 15) is 13.2 Å². The Kier molecular flexibility index (Phi) is 4.02. The molecule has 1 rings (SSSR count). The molecule has 90 valence electrons. The fourth-order valence-electron chi connectivity index (χ4n) is 0.999. The van der Waals surface area contributed by atoms with Crippen molar-refractivity contribution in [3.63, 3.8) is 0 Å². The van der Waals surface area contributed by atoms with E-state index in [1.54, 1.807) is 0 Å². The van der Waals surface area contributed by atoms with E-state index in [4.69, 9.17) is 16.3 Å². The highest BCUT2D eigenvalue weighted by Crippen LogP contribution is 2.35. The lowest BCUT2D eigenvalue weighted by Gasteiger charge is -2.14. The van der Waals surface area contributed by atoms with Gasteiger partial charge in [0.05, 0.1) is 6.61 Å². The summed E-state index contributed by atoms with van der Waals surface area (Å²) in [7, 11) is 0. The molecule has 0 saturated heterocycles. The molecule has 0 aromatic carbocycles. The Bertz CT molecular complexity index is 366. The Balaban J connectivity index is 2.99. The van der Waals surface area contributed by atoms with Crippen LogP contribution in [0.25, 0.3) is 0 Å². The summed E-state index contributed by atoms with van der Waals surface area (Å²) < 4.78 is 42.7. The summed E-state index contributed by atoms with van der Waals surface area (Å²) in [5, 5.41) is -0.204. The SMILES string of the molecule is CC(C)COc1ccc(Cl)nc1C(F)(F)F. The Morgan fingerprint density at radius 3 is 2.50 bits per heavy atom. The summed E-state index contributed by atoms with van der Waals surface area (Å²) in [5.74, 6) is -0.151. The number of pyridine rings is 1. The molecule has 0 spiro atoms. The maximum Gasteiger partial charge on any atom is 0.437 e. The van der Waals surface area contributed by atoms with Crippen LogP contribution in [0.3, 0.4) is 0 Å². The number of hydrogen-bond donors (Lipinski definition) is 0. The van der Waals surface area contributed by atoms with Gasteiger partial charge in [-0.15, -0.1) is 0 Å². The number of halogens is 4. The molecule has 0 aliphatic heterocycles. The Morgan fingerprint density at radius 1 is 1.38 bits per heavy atom. The van der Waals surface area contributed by atoms with Crippen molar-refractivity contribution >= 4 is 11.6 Å². The van der Waals surface area contributed by atoms with Crippen molar-refractivity contribution in [3.05, 3.63) is 23.0 Å². The lowest BCUT2D eigenvalue weighted by atomic mass is 10.2. The summed E-state index contributed by atoms with van der Waals surface area (Å²) in [6.07, 6.45) is -4.56. The van der Waals surface area contributed by atoms with Crippen molar-refractivity contribution in [3.8, 4) is 5.75 Å². The minimum Gasteiger partial charge on any atom is -0.491 e. The van der Waals surface area contributed by atoms with Gasteiger partial charge in [-0.05, 0) is 18.1 Å². The van der Waals surface area contributed by atoms with E-state index in [-0.39, 0.29) is 23.4 Å². The number of nitrogens with zero attached hydrogens (tertiary/aromatic N) is 1. The maximum atomic E-state index is 12.6. The van der Waals surface area contributed by atoms with Crippen molar-refractivity contribution in [2.24, 2.45) is 5.92 Å². The molecule has 1 heterocycles. The van der Waals surface area contributed by atoms with Gasteiger partial charge >= 0.3 is 6.18 Å². The van der Waals surface area contributed by atoms with E-state index in [1.165, 1.54) is 12.1 Å². The molecule has 0 aliphatic rings. The Hall–Kier alpha value is -0.970. The average molecular weight is 254 g/mol. The topological polar surface area (TPSA) is 22.1 Å². The van der Waals surface area contributed by atoms with Crippen LogP contribution in [0.5, 0.6) is 5.75 Å². The van der Waals surface area contributed by atoms with Gasteiger partial charge in [-0.1, -0.05) is 25.4 Å². The van der Waals surface area contributed by atoms with Crippen LogP contribution in [0.2, 0.25) is 5.15 Å². The Morgan fingerprint density at radius 2 is 2.00 bits per heavy atom.